The quantitative estimate of drug-likeness (QED) is 0.712. The largest absolute Gasteiger partial charge is 0.478 e. The molecule has 0 fully saturated rings. The predicted octanol–water partition coefficient (Wildman–Crippen LogP) is 3.91. The monoisotopic (exact) mass is 345 g/mol. The van der Waals surface area contributed by atoms with E-state index in [2.05, 4.69) is 5.32 Å². The molecule has 0 radical (unpaired) electrons. The molecular weight excluding hydrogens is 326 g/mol. The fourth-order valence-corrected chi connectivity index (χ4v) is 2.75. The Bertz CT molecular complexity index is 902. The third-order valence-corrected chi connectivity index (χ3v) is 4.15. The smallest absolute Gasteiger partial charge is 0.335 e. The van der Waals surface area contributed by atoms with Crippen molar-refractivity contribution in [3.05, 3.63) is 107 Å². The predicted molar refractivity (Wildman–Crippen MR) is 100 cm³/mol. The van der Waals surface area contributed by atoms with Gasteiger partial charge < -0.3 is 10.4 Å². The molecule has 0 unspecified atom stereocenters. The number of nitrogens with one attached hydrogen (secondary N) is 1. The van der Waals surface area contributed by atoms with Crippen LogP contribution in [0, 0.1) is 0 Å². The number of hydrogen-bond donors (Lipinski definition) is 2. The van der Waals surface area contributed by atoms with Crippen LogP contribution >= 0.6 is 0 Å². The average molecular weight is 345 g/mol. The van der Waals surface area contributed by atoms with Gasteiger partial charge in [-0.15, -0.1) is 0 Å². The zero-order valence-electron chi connectivity index (χ0n) is 14.2. The molecule has 0 saturated carbocycles. The van der Waals surface area contributed by atoms with E-state index in [0.29, 0.717) is 18.5 Å². The highest BCUT2D eigenvalue weighted by atomic mass is 16.4. The normalized spacial score (nSPS) is 10.3. The van der Waals surface area contributed by atoms with E-state index in [-0.39, 0.29) is 11.5 Å². The van der Waals surface area contributed by atoms with E-state index in [4.69, 9.17) is 5.11 Å². The Labute approximate surface area is 152 Å². The Balaban J connectivity index is 1.69. The van der Waals surface area contributed by atoms with Crippen molar-refractivity contribution >= 4 is 11.9 Å². The Hall–Kier alpha value is -3.40. The molecule has 1 amide bonds. The van der Waals surface area contributed by atoms with Crippen molar-refractivity contribution < 1.29 is 14.7 Å². The Morgan fingerprint density at radius 1 is 0.769 bits per heavy atom. The van der Waals surface area contributed by atoms with Crippen molar-refractivity contribution in [1.82, 2.24) is 5.32 Å². The van der Waals surface area contributed by atoms with E-state index in [1.165, 1.54) is 12.1 Å². The highest BCUT2D eigenvalue weighted by Gasteiger charge is 2.11. The number of carbonyl (C=O) groups excluding carboxylic acids is 1. The lowest BCUT2D eigenvalue weighted by molar-refractivity contribution is 0.0696. The van der Waals surface area contributed by atoms with E-state index < -0.39 is 5.97 Å². The lowest BCUT2D eigenvalue weighted by atomic mass is 9.99. The van der Waals surface area contributed by atoms with Gasteiger partial charge in [0.25, 0.3) is 5.91 Å². The molecule has 4 nitrogen and oxygen atoms in total. The third kappa shape index (κ3) is 4.36. The van der Waals surface area contributed by atoms with E-state index in [0.717, 1.165) is 16.7 Å². The number of aromatic carboxylic acids is 1. The first kappa shape index (κ1) is 17.4. The molecule has 26 heavy (non-hydrogen) atoms. The van der Waals surface area contributed by atoms with Crippen LogP contribution in [0.1, 0.15) is 37.4 Å². The molecule has 3 rings (SSSR count). The standard InChI is InChI=1S/C22H19NO3/c24-21(23-15-17-10-12-18(13-11-17)22(25)26)20-9-5-4-8-19(20)14-16-6-2-1-3-7-16/h1-13H,14-15H2,(H,23,24)(H,25,26). The number of carboxylic acids is 1. The van der Waals surface area contributed by atoms with Gasteiger partial charge in [-0.1, -0.05) is 60.7 Å². The first-order valence-electron chi connectivity index (χ1n) is 8.36. The summed E-state index contributed by atoms with van der Waals surface area (Å²) in [5.41, 5.74) is 3.85. The van der Waals surface area contributed by atoms with E-state index in [1.807, 2.05) is 54.6 Å². The second kappa shape index (κ2) is 8.12. The van der Waals surface area contributed by atoms with Crippen molar-refractivity contribution in [1.29, 1.82) is 0 Å². The van der Waals surface area contributed by atoms with Gasteiger partial charge in [0.2, 0.25) is 0 Å². The number of amides is 1. The third-order valence-electron chi connectivity index (χ3n) is 4.15. The highest BCUT2D eigenvalue weighted by molar-refractivity contribution is 5.95. The Morgan fingerprint density at radius 2 is 1.42 bits per heavy atom. The number of carbonyl (C=O) groups is 2. The summed E-state index contributed by atoms with van der Waals surface area (Å²) in [7, 11) is 0. The van der Waals surface area contributed by atoms with Crippen molar-refractivity contribution in [2.75, 3.05) is 0 Å². The zero-order chi connectivity index (χ0) is 18.4. The van der Waals surface area contributed by atoms with E-state index in [9.17, 15) is 9.59 Å². The molecule has 3 aromatic rings. The van der Waals surface area contributed by atoms with Gasteiger partial charge in [-0.25, -0.2) is 4.79 Å². The fourth-order valence-electron chi connectivity index (χ4n) is 2.75. The summed E-state index contributed by atoms with van der Waals surface area (Å²) in [6.45, 7) is 0.346. The van der Waals surface area contributed by atoms with Gasteiger partial charge in [0.1, 0.15) is 0 Å². The van der Waals surface area contributed by atoms with Crippen LogP contribution in [0.15, 0.2) is 78.9 Å². The highest BCUT2D eigenvalue weighted by Crippen LogP contribution is 2.15. The molecular formula is C22H19NO3. The second-order valence-electron chi connectivity index (χ2n) is 6.00. The van der Waals surface area contributed by atoms with E-state index in [1.54, 1.807) is 12.1 Å². The lowest BCUT2D eigenvalue weighted by Gasteiger charge is -2.11. The zero-order valence-corrected chi connectivity index (χ0v) is 14.2. The van der Waals surface area contributed by atoms with Crippen LogP contribution in [-0.4, -0.2) is 17.0 Å². The summed E-state index contributed by atoms with van der Waals surface area (Å²) in [5, 5.41) is 11.8. The van der Waals surface area contributed by atoms with Crippen LogP contribution in [0.2, 0.25) is 0 Å². The van der Waals surface area contributed by atoms with Crippen molar-refractivity contribution in [3.8, 4) is 0 Å². The van der Waals surface area contributed by atoms with Gasteiger partial charge in [-0.3, -0.25) is 4.79 Å². The summed E-state index contributed by atoms with van der Waals surface area (Å²) in [5.74, 6) is -1.10. The maximum atomic E-state index is 12.6. The van der Waals surface area contributed by atoms with Crippen LogP contribution in [0.5, 0.6) is 0 Å². The SMILES string of the molecule is O=C(O)c1ccc(CNC(=O)c2ccccc2Cc2ccccc2)cc1. The second-order valence-corrected chi connectivity index (χ2v) is 6.00. The molecule has 0 aliphatic heterocycles. The molecule has 0 bridgehead atoms. The van der Waals surface area contributed by atoms with Gasteiger partial charge in [-0.05, 0) is 41.3 Å². The molecule has 130 valence electrons. The number of hydrogen-bond acceptors (Lipinski definition) is 2. The molecule has 0 atom stereocenters. The van der Waals surface area contributed by atoms with Gasteiger partial charge >= 0.3 is 5.97 Å². The molecule has 2 N–H and O–H groups in total. The van der Waals surface area contributed by atoms with Gasteiger partial charge in [-0.2, -0.15) is 0 Å². The summed E-state index contributed by atoms with van der Waals surface area (Å²) in [6.07, 6.45) is 0.692. The average Bonchev–Trinajstić information content (AvgIpc) is 2.67. The van der Waals surface area contributed by atoms with Crippen LogP contribution in [0.4, 0.5) is 0 Å². The number of benzene rings is 3. The van der Waals surface area contributed by atoms with Crippen LogP contribution in [-0.2, 0) is 13.0 Å². The maximum absolute atomic E-state index is 12.6. The molecule has 0 aliphatic carbocycles. The summed E-state index contributed by atoms with van der Waals surface area (Å²) in [4.78, 5) is 23.5. The first-order valence-corrected chi connectivity index (χ1v) is 8.36. The fraction of sp³-hybridized carbons (Fsp3) is 0.0909. The van der Waals surface area contributed by atoms with Crippen LogP contribution < -0.4 is 5.32 Å². The minimum atomic E-state index is -0.963. The first-order chi connectivity index (χ1) is 12.6. The molecule has 3 aromatic carbocycles. The van der Waals surface area contributed by atoms with Crippen LogP contribution in [0.3, 0.4) is 0 Å². The number of carboxylic acid groups (broad SMARTS) is 1. The van der Waals surface area contributed by atoms with Crippen molar-refractivity contribution in [3.63, 3.8) is 0 Å². The molecule has 0 saturated heterocycles. The minimum absolute atomic E-state index is 0.140. The molecule has 4 heteroatoms. The van der Waals surface area contributed by atoms with E-state index >= 15 is 0 Å². The maximum Gasteiger partial charge on any atom is 0.335 e. The minimum Gasteiger partial charge on any atom is -0.478 e. The van der Waals surface area contributed by atoms with Crippen molar-refractivity contribution in [2.45, 2.75) is 13.0 Å². The summed E-state index contributed by atoms with van der Waals surface area (Å²) >= 11 is 0. The Morgan fingerprint density at radius 3 is 2.12 bits per heavy atom. The molecule has 0 aliphatic rings. The number of rotatable bonds is 6. The summed E-state index contributed by atoms with van der Waals surface area (Å²) in [6, 6.07) is 24.1. The topological polar surface area (TPSA) is 66.4 Å². The van der Waals surface area contributed by atoms with Gasteiger partial charge in [0, 0.05) is 12.1 Å². The Kier molecular flexibility index (Phi) is 5.44. The lowest BCUT2D eigenvalue weighted by Crippen LogP contribution is -2.24. The summed E-state index contributed by atoms with van der Waals surface area (Å²) < 4.78 is 0. The molecule has 0 aromatic heterocycles. The van der Waals surface area contributed by atoms with Gasteiger partial charge in [0.15, 0.2) is 0 Å². The molecule has 0 heterocycles. The van der Waals surface area contributed by atoms with Crippen molar-refractivity contribution in [2.24, 2.45) is 0 Å². The van der Waals surface area contributed by atoms with Gasteiger partial charge in [0.05, 0.1) is 5.56 Å². The molecule has 0 spiro atoms. The van der Waals surface area contributed by atoms with Crippen LogP contribution in [0.25, 0.3) is 0 Å².